The fourth-order valence-electron chi connectivity index (χ4n) is 1.79. The molecule has 0 saturated carbocycles. The molecule has 0 aromatic heterocycles. The number of halogens is 2. The van der Waals surface area contributed by atoms with E-state index in [9.17, 15) is 0 Å². The molecule has 4 nitrogen and oxygen atoms in total. The average Bonchev–Trinajstić information content (AvgIpc) is 2.47. The third-order valence-electron chi connectivity index (χ3n) is 2.79. The molecule has 0 aliphatic rings. The van der Waals surface area contributed by atoms with Gasteiger partial charge in [0.2, 0.25) is 0 Å². The zero-order valence-corrected chi connectivity index (χ0v) is 13.6. The summed E-state index contributed by atoms with van der Waals surface area (Å²) >= 11 is 9.52. The Bertz CT molecular complexity index is 661. The number of ether oxygens (including phenoxy) is 2. The lowest BCUT2D eigenvalue weighted by molar-refractivity contribution is 0.282. The second-order valence-corrected chi connectivity index (χ2v) is 5.42. The molecule has 0 unspecified atom stereocenters. The maximum absolute atomic E-state index is 8.59. The van der Waals surface area contributed by atoms with E-state index in [0.717, 1.165) is 5.56 Å². The van der Waals surface area contributed by atoms with Crippen LogP contribution >= 0.6 is 27.5 Å². The van der Waals surface area contributed by atoms with Gasteiger partial charge in [-0.15, -0.1) is 0 Å². The second kappa shape index (κ2) is 7.33. The molecule has 2 rings (SSSR count). The maximum atomic E-state index is 8.59. The molecule has 0 bridgehead atoms. The number of nitrogens with zero attached hydrogens (tertiary/aromatic N) is 1. The first-order chi connectivity index (χ1) is 10.2. The molecule has 0 spiro atoms. The van der Waals surface area contributed by atoms with Gasteiger partial charge >= 0.3 is 0 Å². The van der Waals surface area contributed by atoms with Gasteiger partial charge in [0.05, 0.1) is 17.8 Å². The quantitative estimate of drug-likeness (QED) is 0.479. The normalized spacial score (nSPS) is 10.8. The molecule has 21 heavy (non-hydrogen) atoms. The van der Waals surface area contributed by atoms with Gasteiger partial charge < -0.3 is 14.7 Å². The standard InChI is InChI=1S/C15H13BrClNO3/c1-20-14-7-10(8-18-19)6-12(16)15(14)21-9-11-4-2-3-5-13(11)17/h2-8,19H,9H2,1H3. The van der Waals surface area contributed by atoms with Crippen LogP contribution in [0.1, 0.15) is 11.1 Å². The van der Waals surface area contributed by atoms with Crippen LogP contribution in [0.5, 0.6) is 11.5 Å². The molecule has 0 fully saturated rings. The molecule has 6 heteroatoms. The fraction of sp³-hybridized carbons (Fsp3) is 0.133. The Hall–Kier alpha value is -1.72. The van der Waals surface area contributed by atoms with Gasteiger partial charge in [-0.1, -0.05) is 35.0 Å². The van der Waals surface area contributed by atoms with Crippen molar-refractivity contribution in [2.45, 2.75) is 6.61 Å². The van der Waals surface area contributed by atoms with Gasteiger partial charge in [0, 0.05) is 16.1 Å². The summed E-state index contributed by atoms with van der Waals surface area (Å²) in [4.78, 5) is 0. The minimum atomic E-state index is 0.321. The van der Waals surface area contributed by atoms with Gasteiger partial charge in [-0.2, -0.15) is 0 Å². The van der Waals surface area contributed by atoms with Crippen molar-refractivity contribution in [3.63, 3.8) is 0 Å². The van der Waals surface area contributed by atoms with Crippen LogP contribution in [-0.2, 0) is 6.61 Å². The molecule has 0 heterocycles. The first kappa shape index (κ1) is 15.7. The molecule has 1 N–H and O–H groups in total. The van der Waals surface area contributed by atoms with Crippen molar-refractivity contribution < 1.29 is 14.7 Å². The molecule has 2 aromatic carbocycles. The van der Waals surface area contributed by atoms with Crippen LogP contribution < -0.4 is 9.47 Å². The lowest BCUT2D eigenvalue weighted by atomic mass is 10.2. The first-order valence-electron chi connectivity index (χ1n) is 6.07. The van der Waals surface area contributed by atoms with Gasteiger partial charge in [-0.25, -0.2) is 0 Å². The summed E-state index contributed by atoms with van der Waals surface area (Å²) in [6.07, 6.45) is 1.31. The van der Waals surface area contributed by atoms with Crippen LogP contribution in [0, 0.1) is 0 Å². The summed E-state index contributed by atoms with van der Waals surface area (Å²) in [6, 6.07) is 11.0. The molecule has 2 aromatic rings. The zero-order chi connectivity index (χ0) is 15.2. The van der Waals surface area contributed by atoms with E-state index in [0.29, 0.717) is 33.2 Å². The summed E-state index contributed by atoms with van der Waals surface area (Å²) in [5.74, 6) is 1.10. The number of hydrogen-bond acceptors (Lipinski definition) is 4. The van der Waals surface area contributed by atoms with Gasteiger partial charge in [-0.3, -0.25) is 0 Å². The Morgan fingerprint density at radius 1 is 1.33 bits per heavy atom. The molecule has 0 atom stereocenters. The van der Waals surface area contributed by atoms with E-state index in [-0.39, 0.29) is 0 Å². The van der Waals surface area contributed by atoms with Crippen LogP contribution in [-0.4, -0.2) is 18.5 Å². The van der Waals surface area contributed by atoms with E-state index in [1.54, 1.807) is 19.2 Å². The SMILES string of the molecule is COc1cc(C=NO)cc(Br)c1OCc1ccccc1Cl. The van der Waals surface area contributed by atoms with E-state index in [1.807, 2.05) is 24.3 Å². The van der Waals surface area contributed by atoms with E-state index in [2.05, 4.69) is 21.1 Å². The highest BCUT2D eigenvalue weighted by molar-refractivity contribution is 9.10. The second-order valence-electron chi connectivity index (χ2n) is 4.16. The number of methoxy groups -OCH3 is 1. The average molecular weight is 371 g/mol. The van der Waals surface area contributed by atoms with Crippen molar-refractivity contribution in [1.29, 1.82) is 0 Å². The zero-order valence-electron chi connectivity index (χ0n) is 11.2. The van der Waals surface area contributed by atoms with Gasteiger partial charge in [-0.05, 0) is 34.1 Å². The van der Waals surface area contributed by atoms with E-state index >= 15 is 0 Å². The fourth-order valence-corrected chi connectivity index (χ4v) is 2.55. The Labute approximate surface area is 136 Å². The molecule has 0 aliphatic heterocycles. The van der Waals surface area contributed by atoms with E-state index < -0.39 is 0 Å². The van der Waals surface area contributed by atoms with Crippen molar-refractivity contribution in [2.24, 2.45) is 5.16 Å². The summed E-state index contributed by atoms with van der Waals surface area (Å²) in [5, 5.41) is 12.2. The van der Waals surface area contributed by atoms with Crippen LogP contribution in [0.2, 0.25) is 5.02 Å². The van der Waals surface area contributed by atoms with Crippen LogP contribution in [0.4, 0.5) is 0 Å². The largest absolute Gasteiger partial charge is 0.493 e. The molecular formula is C15H13BrClNO3. The van der Waals surface area contributed by atoms with E-state index in [4.69, 9.17) is 26.3 Å². The number of oxime groups is 1. The Balaban J connectivity index is 2.25. The molecule has 0 saturated heterocycles. The Morgan fingerprint density at radius 2 is 2.10 bits per heavy atom. The highest BCUT2D eigenvalue weighted by Gasteiger charge is 2.12. The maximum Gasteiger partial charge on any atom is 0.175 e. The van der Waals surface area contributed by atoms with Crippen molar-refractivity contribution in [3.8, 4) is 11.5 Å². The first-order valence-corrected chi connectivity index (χ1v) is 7.24. The monoisotopic (exact) mass is 369 g/mol. The summed E-state index contributed by atoms with van der Waals surface area (Å²) in [7, 11) is 1.55. The molecular weight excluding hydrogens is 358 g/mol. The van der Waals surface area contributed by atoms with Gasteiger partial charge in [0.25, 0.3) is 0 Å². The predicted molar refractivity (Wildman–Crippen MR) is 85.9 cm³/mol. The van der Waals surface area contributed by atoms with Crippen LogP contribution in [0.15, 0.2) is 46.0 Å². The minimum Gasteiger partial charge on any atom is -0.493 e. The van der Waals surface area contributed by atoms with Crippen molar-refractivity contribution in [3.05, 3.63) is 57.0 Å². The molecule has 0 amide bonds. The Morgan fingerprint density at radius 3 is 2.76 bits per heavy atom. The number of rotatable bonds is 5. The number of hydrogen-bond donors (Lipinski definition) is 1. The summed E-state index contributed by atoms with van der Waals surface area (Å²) < 4.78 is 11.8. The third kappa shape index (κ3) is 3.89. The minimum absolute atomic E-state index is 0.321. The van der Waals surface area contributed by atoms with Crippen molar-refractivity contribution in [1.82, 2.24) is 0 Å². The predicted octanol–water partition coefficient (Wildman–Crippen LogP) is 4.50. The van der Waals surface area contributed by atoms with Crippen LogP contribution in [0.3, 0.4) is 0 Å². The lowest BCUT2D eigenvalue weighted by Gasteiger charge is -2.14. The highest BCUT2D eigenvalue weighted by atomic mass is 79.9. The van der Waals surface area contributed by atoms with Crippen molar-refractivity contribution in [2.75, 3.05) is 7.11 Å². The highest BCUT2D eigenvalue weighted by Crippen LogP contribution is 2.37. The lowest BCUT2D eigenvalue weighted by Crippen LogP contribution is -2.00. The molecule has 0 radical (unpaired) electrons. The summed E-state index contributed by atoms with van der Waals surface area (Å²) in [5.41, 5.74) is 1.57. The third-order valence-corrected chi connectivity index (χ3v) is 3.75. The topological polar surface area (TPSA) is 51.0 Å². The van der Waals surface area contributed by atoms with Gasteiger partial charge in [0.15, 0.2) is 11.5 Å². The smallest absolute Gasteiger partial charge is 0.175 e. The van der Waals surface area contributed by atoms with Crippen LogP contribution in [0.25, 0.3) is 0 Å². The van der Waals surface area contributed by atoms with Crippen molar-refractivity contribution >= 4 is 33.7 Å². The number of benzene rings is 2. The molecule has 0 aliphatic carbocycles. The summed E-state index contributed by atoms with van der Waals surface area (Å²) in [6.45, 7) is 0.321. The van der Waals surface area contributed by atoms with E-state index in [1.165, 1.54) is 6.21 Å². The molecule has 110 valence electrons. The van der Waals surface area contributed by atoms with Gasteiger partial charge in [0.1, 0.15) is 6.61 Å². The Kier molecular flexibility index (Phi) is 5.47.